The molecule has 1 heterocycles. The van der Waals surface area contributed by atoms with Crippen molar-refractivity contribution in [3.63, 3.8) is 0 Å². The molecular weight excluding hydrogens is 262 g/mol. The highest BCUT2D eigenvalue weighted by Crippen LogP contribution is 2.41. The van der Waals surface area contributed by atoms with Crippen LogP contribution in [0, 0.1) is 0 Å². The molecule has 1 nitrogen and oxygen atoms in total. The van der Waals surface area contributed by atoms with E-state index in [4.69, 9.17) is 0 Å². The third-order valence-electron chi connectivity index (χ3n) is 4.78. The molecule has 0 radical (unpaired) electrons. The van der Waals surface area contributed by atoms with Gasteiger partial charge in [0.05, 0.1) is 0 Å². The largest absolute Gasteiger partial charge is 0.313 e. The Morgan fingerprint density at radius 2 is 1.65 bits per heavy atom. The monoisotopic (exact) mass is 299 g/mol. The fourth-order valence-electron chi connectivity index (χ4n) is 3.43. The van der Waals surface area contributed by atoms with E-state index in [1.165, 1.54) is 76.4 Å². The quantitative estimate of drug-likeness (QED) is 0.458. The van der Waals surface area contributed by atoms with Crippen molar-refractivity contribution in [3.05, 3.63) is 0 Å². The fourth-order valence-corrected chi connectivity index (χ4v) is 4.87. The van der Waals surface area contributed by atoms with Crippen molar-refractivity contribution in [3.8, 4) is 0 Å². The SMILES string of the molecule is CCCCCCCCCCC(NCC)C1(C)CCCS1. The molecule has 2 unspecified atom stereocenters. The number of unbranched alkanes of at least 4 members (excludes halogenated alkanes) is 7. The van der Waals surface area contributed by atoms with Gasteiger partial charge < -0.3 is 5.32 Å². The standard InChI is InChI=1S/C18H37NS/c1-4-6-7-8-9-10-11-12-14-17(19-5-2)18(3)15-13-16-20-18/h17,19H,4-16H2,1-3H3. The van der Waals surface area contributed by atoms with Crippen LogP contribution in [0.15, 0.2) is 0 Å². The lowest BCUT2D eigenvalue weighted by Crippen LogP contribution is -2.45. The summed E-state index contributed by atoms with van der Waals surface area (Å²) in [6.07, 6.45) is 15.7. The normalized spacial score (nSPS) is 24.1. The van der Waals surface area contributed by atoms with Crippen molar-refractivity contribution in [2.24, 2.45) is 0 Å². The van der Waals surface area contributed by atoms with Crippen LogP contribution in [-0.2, 0) is 0 Å². The zero-order valence-corrected chi connectivity index (χ0v) is 15.0. The van der Waals surface area contributed by atoms with E-state index in [1.807, 2.05) is 0 Å². The van der Waals surface area contributed by atoms with Crippen molar-refractivity contribution in [1.29, 1.82) is 0 Å². The van der Waals surface area contributed by atoms with Crippen molar-refractivity contribution in [2.75, 3.05) is 12.3 Å². The maximum Gasteiger partial charge on any atom is 0.0285 e. The number of rotatable bonds is 12. The molecule has 1 aliphatic rings. The molecule has 2 atom stereocenters. The summed E-state index contributed by atoms with van der Waals surface area (Å²) in [4.78, 5) is 0. The summed E-state index contributed by atoms with van der Waals surface area (Å²) in [6, 6.07) is 0.736. The lowest BCUT2D eigenvalue weighted by Gasteiger charge is -2.34. The lowest BCUT2D eigenvalue weighted by atomic mass is 9.91. The number of hydrogen-bond donors (Lipinski definition) is 1. The minimum atomic E-state index is 0.511. The molecule has 1 saturated heterocycles. The molecule has 0 aromatic heterocycles. The first kappa shape index (κ1) is 18.4. The molecule has 1 N–H and O–H groups in total. The molecule has 0 aromatic carbocycles. The highest BCUT2D eigenvalue weighted by atomic mass is 32.2. The van der Waals surface area contributed by atoms with E-state index < -0.39 is 0 Å². The van der Waals surface area contributed by atoms with Crippen LogP contribution in [0.4, 0.5) is 0 Å². The highest BCUT2D eigenvalue weighted by molar-refractivity contribution is 8.00. The predicted octanol–water partition coefficient (Wildman–Crippen LogP) is 5.78. The number of nitrogens with one attached hydrogen (secondary N) is 1. The molecule has 1 fully saturated rings. The van der Waals surface area contributed by atoms with Gasteiger partial charge >= 0.3 is 0 Å². The van der Waals surface area contributed by atoms with Gasteiger partial charge in [-0.25, -0.2) is 0 Å². The van der Waals surface area contributed by atoms with Crippen LogP contribution < -0.4 is 5.32 Å². The van der Waals surface area contributed by atoms with Crippen molar-refractivity contribution < 1.29 is 0 Å². The van der Waals surface area contributed by atoms with Gasteiger partial charge in [-0.1, -0.05) is 65.2 Å². The fraction of sp³-hybridized carbons (Fsp3) is 1.00. The molecule has 0 bridgehead atoms. The van der Waals surface area contributed by atoms with Crippen LogP contribution >= 0.6 is 11.8 Å². The van der Waals surface area contributed by atoms with Gasteiger partial charge in [-0.15, -0.1) is 0 Å². The van der Waals surface area contributed by atoms with Crippen LogP contribution in [0.5, 0.6) is 0 Å². The topological polar surface area (TPSA) is 12.0 Å². The third kappa shape index (κ3) is 6.85. The third-order valence-corrected chi connectivity index (χ3v) is 6.42. The van der Waals surface area contributed by atoms with E-state index in [2.05, 4.69) is 37.8 Å². The molecule has 0 saturated carbocycles. The molecule has 0 spiro atoms. The van der Waals surface area contributed by atoms with Gasteiger partial charge in [-0.05, 0) is 38.5 Å². The maximum atomic E-state index is 3.76. The molecule has 0 aliphatic carbocycles. The summed E-state index contributed by atoms with van der Waals surface area (Å²) in [5.74, 6) is 1.37. The zero-order chi connectivity index (χ0) is 14.7. The van der Waals surface area contributed by atoms with Crippen LogP contribution in [-0.4, -0.2) is 23.1 Å². The first-order chi connectivity index (χ1) is 9.73. The summed E-state index contributed by atoms with van der Waals surface area (Å²) >= 11 is 2.21. The minimum Gasteiger partial charge on any atom is -0.313 e. The van der Waals surface area contributed by atoms with E-state index in [-0.39, 0.29) is 0 Å². The van der Waals surface area contributed by atoms with E-state index in [0.29, 0.717) is 4.75 Å². The zero-order valence-electron chi connectivity index (χ0n) is 14.2. The lowest BCUT2D eigenvalue weighted by molar-refractivity contribution is 0.373. The summed E-state index contributed by atoms with van der Waals surface area (Å²) < 4.78 is 0.511. The molecule has 120 valence electrons. The van der Waals surface area contributed by atoms with E-state index in [1.54, 1.807) is 0 Å². The van der Waals surface area contributed by atoms with Gasteiger partial charge in [0.25, 0.3) is 0 Å². The Hall–Kier alpha value is 0.310. The first-order valence-electron chi connectivity index (χ1n) is 9.10. The Morgan fingerprint density at radius 3 is 2.20 bits per heavy atom. The minimum absolute atomic E-state index is 0.511. The van der Waals surface area contributed by atoms with Gasteiger partial charge in [0, 0.05) is 10.8 Å². The average molecular weight is 300 g/mol. The average Bonchev–Trinajstić information content (AvgIpc) is 2.88. The van der Waals surface area contributed by atoms with Crippen molar-refractivity contribution >= 4 is 11.8 Å². The summed E-state index contributed by atoms with van der Waals surface area (Å²) in [6.45, 7) is 8.16. The Morgan fingerprint density at radius 1 is 1.00 bits per heavy atom. The molecular formula is C18H37NS. The molecule has 1 aliphatic heterocycles. The number of hydrogen-bond acceptors (Lipinski definition) is 2. The second-order valence-electron chi connectivity index (χ2n) is 6.64. The van der Waals surface area contributed by atoms with E-state index in [0.717, 1.165) is 12.6 Å². The van der Waals surface area contributed by atoms with Gasteiger partial charge in [0.15, 0.2) is 0 Å². The molecule has 0 aromatic rings. The van der Waals surface area contributed by atoms with Crippen LogP contribution in [0.1, 0.15) is 91.4 Å². The summed E-state index contributed by atoms with van der Waals surface area (Å²) in [5.41, 5.74) is 0. The first-order valence-corrected chi connectivity index (χ1v) is 10.1. The van der Waals surface area contributed by atoms with E-state index >= 15 is 0 Å². The molecule has 20 heavy (non-hydrogen) atoms. The second-order valence-corrected chi connectivity index (χ2v) is 8.27. The van der Waals surface area contributed by atoms with Crippen molar-refractivity contribution in [1.82, 2.24) is 5.32 Å². The molecule has 2 heteroatoms. The van der Waals surface area contributed by atoms with Gasteiger partial charge in [-0.2, -0.15) is 11.8 Å². The molecule has 1 rings (SSSR count). The van der Waals surface area contributed by atoms with E-state index in [9.17, 15) is 0 Å². The van der Waals surface area contributed by atoms with Crippen LogP contribution in [0.25, 0.3) is 0 Å². The van der Waals surface area contributed by atoms with Crippen molar-refractivity contribution in [2.45, 2.75) is 102 Å². The Bertz CT molecular complexity index is 223. The predicted molar refractivity (Wildman–Crippen MR) is 94.8 cm³/mol. The van der Waals surface area contributed by atoms with Gasteiger partial charge in [0.1, 0.15) is 0 Å². The number of thioether (sulfide) groups is 1. The smallest absolute Gasteiger partial charge is 0.0285 e. The summed E-state index contributed by atoms with van der Waals surface area (Å²) in [7, 11) is 0. The Labute approximate surface area is 132 Å². The van der Waals surface area contributed by atoms with Gasteiger partial charge in [-0.3, -0.25) is 0 Å². The van der Waals surface area contributed by atoms with Crippen LogP contribution in [0.2, 0.25) is 0 Å². The maximum absolute atomic E-state index is 3.76. The summed E-state index contributed by atoms with van der Waals surface area (Å²) in [5, 5.41) is 3.76. The van der Waals surface area contributed by atoms with Gasteiger partial charge in [0.2, 0.25) is 0 Å². The van der Waals surface area contributed by atoms with Crippen LogP contribution in [0.3, 0.4) is 0 Å². The Balaban J connectivity index is 2.10. The Kier molecular flexibility index (Phi) is 10.1. The highest BCUT2D eigenvalue weighted by Gasteiger charge is 2.36. The molecule has 0 amide bonds. The second kappa shape index (κ2) is 11.0.